The number of piperidine rings is 1. The monoisotopic (exact) mass is 435 g/mol. The first-order chi connectivity index (χ1) is 14.1. The number of carbonyl (C=O) groups excluding carboxylic acids is 1. The van der Waals surface area contributed by atoms with Crippen molar-refractivity contribution >= 4 is 21.6 Å². The van der Waals surface area contributed by atoms with Crippen LogP contribution in [0.2, 0.25) is 0 Å². The second-order valence-corrected chi connectivity index (χ2v) is 9.45. The number of rotatable bonds is 6. The number of nitrogens with one attached hydrogen (secondary N) is 1. The first-order valence-corrected chi connectivity index (χ1v) is 11.1. The number of furan rings is 1. The average molecular weight is 436 g/mol. The van der Waals surface area contributed by atoms with Crippen LogP contribution in [0.15, 0.2) is 33.6 Å². The highest BCUT2D eigenvalue weighted by Gasteiger charge is 2.33. The molecule has 2 aromatic rings. The Bertz CT molecular complexity index is 1070. The number of non-ortho nitro benzene ring substituents is 1. The Morgan fingerprint density at radius 3 is 2.47 bits per heavy atom. The maximum absolute atomic E-state index is 13.0. The summed E-state index contributed by atoms with van der Waals surface area (Å²) in [4.78, 5) is 22.8. The van der Waals surface area contributed by atoms with Gasteiger partial charge < -0.3 is 9.73 Å². The van der Waals surface area contributed by atoms with Crippen molar-refractivity contribution in [2.45, 2.75) is 45.1 Å². The lowest BCUT2D eigenvalue weighted by Crippen LogP contribution is -2.43. The fourth-order valence-electron chi connectivity index (χ4n) is 3.66. The minimum Gasteiger partial charge on any atom is -0.466 e. The van der Waals surface area contributed by atoms with Gasteiger partial charge in [0, 0.05) is 43.2 Å². The van der Waals surface area contributed by atoms with E-state index in [-0.39, 0.29) is 35.5 Å². The van der Waals surface area contributed by atoms with E-state index in [0.717, 1.165) is 23.2 Å². The van der Waals surface area contributed by atoms with Gasteiger partial charge in [0.25, 0.3) is 5.69 Å². The van der Waals surface area contributed by atoms with Crippen LogP contribution in [0, 0.1) is 36.8 Å². The molecule has 0 atom stereocenters. The largest absolute Gasteiger partial charge is 0.466 e. The van der Waals surface area contributed by atoms with Gasteiger partial charge in [0.2, 0.25) is 15.9 Å². The van der Waals surface area contributed by atoms with Crippen LogP contribution in [0.5, 0.6) is 0 Å². The number of nitrogens with zero attached hydrogens (tertiary/aromatic N) is 2. The van der Waals surface area contributed by atoms with Crippen molar-refractivity contribution in [3.63, 3.8) is 0 Å². The fraction of sp³-hybridized carbons (Fsp3) is 0.450. The van der Waals surface area contributed by atoms with Gasteiger partial charge in [-0.15, -0.1) is 0 Å². The summed E-state index contributed by atoms with van der Waals surface area (Å²) in [6, 6.07) is 5.70. The predicted octanol–water partition coefficient (Wildman–Crippen LogP) is 2.83. The van der Waals surface area contributed by atoms with Gasteiger partial charge in [-0.1, -0.05) is 6.07 Å². The minimum absolute atomic E-state index is 0.0644. The Morgan fingerprint density at radius 1 is 1.23 bits per heavy atom. The summed E-state index contributed by atoms with van der Waals surface area (Å²) in [6.07, 6.45) is 0.783. The molecule has 0 aliphatic carbocycles. The molecule has 162 valence electrons. The topological polar surface area (TPSA) is 123 Å². The third-order valence-corrected chi connectivity index (χ3v) is 7.46. The molecule has 10 heteroatoms. The number of hydrogen-bond acceptors (Lipinski definition) is 6. The quantitative estimate of drug-likeness (QED) is 0.550. The van der Waals surface area contributed by atoms with Crippen LogP contribution in [0.4, 0.5) is 5.69 Å². The third-order valence-electron chi connectivity index (χ3n) is 5.42. The number of sulfonamides is 1. The van der Waals surface area contributed by atoms with Crippen molar-refractivity contribution < 1.29 is 22.6 Å². The molecule has 1 aliphatic heterocycles. The van der Waals surface area contributed by atoms with E-state index in [0.29, 0.717) is 24.9 Å². The van der Waals surface area contributed by atoms with Crippen LogP contribution >= 0.6 is 0 Å². The molecule has 1 N–H and O–H groups in total. The first-order valence-electron chi connectivity index (χ1n) is 9.68. The van der Waals surface area contributed by atoms with E-state index < -0.39 is 14.9 Å². The van der Waals surface area contributed by atoms with Crippen molar-refractivity contribution in [2.24, 2.45) is 5.92 Å². The Balaban J connectivity index is 1.63. The Morgan fingerprint density at radius 2 is 1.90 bits per heavy atom. The highest BCUT2D eigenvalue weighted by Crippen LogP contribution is 2.28. The zero-order chi connectivity index (χ0) is 22.1. The van der Waals surface area contributed by atoms with Crippen LogP contribution < -0.4 is 5.32 Å². The minimum atomic E-state index is -3.87. The van der Waals surface area contributed by atoms with Gasteiger partial charge in [0.15, 0.2) is 0 Å². The van der Waals surface area contributed by atoms with Crippen molar-refractivity contribution in [3.8, 4) is 0 Å². The van der Waals surface area contributed by atoms with Gasteiger partial charge >= 0.3 is 0 Å². The molecule has 0 bridgehead atoms. The van der Waals surface area contributed by atoms with Gasteiger partial charge in [-0.3, -0.25) is 14.9 Å². The fourth-order valence-corrected chi connectivity index (χ4v) is 5.38. The molecule has 0 unspecified atom stereocenters. The number of nitro benzene ring substituents is 1. The van der Waals surface area contributed by atoms with Crippen LogP contribution in [-0.4, -0.2) is 36.6 Å². The second-order valence-electron chi connectivity index (χ2n) is 7.54. The van der Waals surface area contributed by atoms with Crippen LogP contribution in [-0.2, 0) is 21.4 Å². The molecule has 3 rings (SSSR count). The number of nitro groups is 1. The summed E-state index contributed by atoms with van der Waals surface area (Å²) < 4.78 is 32.8. The van der Waals surface area contributed by atoms with Crippen molar-refractivity contribution in [2.75, 3.05) is 13.1 Å². The maximum atomic E-state index is 13.0. The molecule has 1 fully saturated rings. The van der Waals surface area contributed by atoms with Gasteiger partial charge in [0.05, 0.1) is 9.82 Å². The lowest BCUT2D eigenvalue weighted by Gasteiger charge is -2.30. The molecule has 0 saturated carbocycles. The van der Waals surface area contributed by atoms with Gasteiger partial charge in [-0.2, -0.15) is 4.31 Å². The Kier molecular flexibility index (Phi) is 6.27. The lowest BCUT2D eigenvalue weighted by molar-refractivity contribution is -0.385. The Labute approximate surface area is 175 Å². The van der Waals surface area contributed by atoms with Crippen LogP contribution in [0.3, 0.4) is 0 Å². The van der Waals surface area contributed by atoms with Crippen LogP contribution in [0.25, 0.3) is 0 Å². The molecule has 0 spiro atoms. The van der Waals surface area contributed by atoms with Gasteiger partial charge in [0.1, 0.15) is 11.5 Å². The normalized spacial score (nSPS) is 15.8. The van der Waals surface area contributed by atoms with E-state index in [9.17, 15) is 23.3 Å². The third kappa shape index (κ3) is 4.54. The lowest BCUT2D eigenvalue weighted by atomic mass is 9.97. The number of hydrogen-bond donors (Lipinski definition) is 1. The average Bonchev–Trinajstić information content (AvgIpc) is 3.03. The molecule has 2 heterocycles. The van der Waals surface area contributed by atoms with E-state index in [1.807, 2.05) is 19.9 Å². The van der Waals surface area contributed by atoms with Crippen molar-refractivity contribution in [1.82, 2.24) is 9.62 Å². The van der Waals surface area contributed by atoms with E-state index in [2.05, 4.69) is 5.32 Å². The predicted molar refractivity (Wildman–Crippen MR) is 109 cm³/mol. The van der Waals surface area contributed by atoms with E-state index >= 15 is 0 Å². The van der Waals surface area contributed by atoms with E-state index in [1.54, 1.807) is 6.92 Å². The highest BCUT2D eigenvalue weighted by atomic mass is 32.2. The molecule has 1 aromatic carbocycles. The summed E-state index contributed by atoms with van der Waals surface area (Å²) in [5.41, 5.74) is 1.10. The van der Waals surface area contributed by atoms with Crippen molar-refractivity contribution in [1.29, 1.82) is 0 Å². The Hall–Kier alpha value is -2.72. The van der Waals surface area contributed by atoms with Crippen molar-refractivity contribution in [3.05, 3.63) is 57.0 Å². The molecule has 1 aromatic heterocycles. The summed E-state index contributed by atoms with van der Waals surface area (Å²) in [6.45, 7) is 6.04. The zero-order valence-electron chi connectivity index (χ0n) is 17.2. The molecule has 1 saturated heterocycles. The number of aryl methyl sites for hydroxylation is 3. The van der Waals surface area contributed by atoms with E-state index in [1.165, 1.54) is 16.4 Å². The smallest absolute Gasteiger partial charge is 0.270 e. The number of amides is 1. The molecule has 30 heavy (non-hydrogen) atoms. The molecule has 1 amide bonds. The summed E-state index contributed by atoms with van der Waals surface area (Å²) in [5.74, 6) is 1.15. The SMILES string of the molecule is Cc1cc(CNC(=O)C2CCN(S(=O)(=O)c3cc([N+](=O)[O-])ccc3C)CC2)c(C)o1. The highest BCUT2D eigenvalue weighted by molar-refractivity contribution is 7.89. The first kappa shape index (κ1) is 22.0. The van der Waals surface area contributed by atoms with Gasteiger partial charge in [-0.05, 0) is 45.2 Å². The molecule has 0 radical (unpaired) electrons. The standard InChI is InChI=1S/C20H25N3O6S/c1-13-4-5-18(23(25)26)11-19(13)30(27,28)22-8-6-16(7-9-22)20(24)21-12-17-10-14(2)29-15(17)3/h4-5,10-11,16H,6-9,12H2,1-3H3,(H,21,24). The van der Waals surface area contributed by atoms with E-state index in [4.69, 9.17) is 4.42 Å². The summed E-state index contributed by atoms with van der Waals surface area (Å²) in [7, 11) is -3.87. The molecular formula is C20H25N3O6S. The summed E-state index contributed by atoms with van der Waals surface area (Å²) >= 11 is 0. The maximum Gasteiger partial charge on any atom is 0.270 e. The summed E-state index contributed by atoms with van der Waals surface area (Å²) in [5, 5.41) is 13.9. The number of benzene rings is 1. The molecule has 1 aliphatic rings. The van der Waals surface area contributed by atoms with Crippen LogP contribution in [0.1, 0.15) is 35.5 Å². The molecule has 9 nitrogen and oxygen atoms in total. The number of carbonyl (C=O) groups is 1. The molecular weight excluding hydrogens is 410 g/mol. The zero-order valence-corrected chi connectivity index (χ0v) is 18.0. The van der Waals surface area contributed by atoms with Gasteiger partial charge in [-0.25, -0.2) is 8.42 Å². The second kappa shape index (κ2) is 8.57.